The number of likely N-dealkylation sites (tertiary alicyclic amines) is 1. The number of hydrogen-bond donors (Lipinski definition) is 14. The molecule has 10 atom stereocenters. The number of pyridine rings is 1. The minimum atomic E-state index is -1.80. The molecule has 4 aromatic carbocycles. The van der Waals surface area contributed by atoms with Crippen LogP contribution in [0.25, 0.3) is 10.8 Å². The molecule has 0 aliphatic carbocycles. The van der Waals surface area contributed by atoms with E-state index < -0.39 is 126 Å². The normalized spacial score (nSPS) is 16.8. The molecule has 0 spiro atoms. The van der Waals surface area contributed by atoms with Crippen LogP contribution in [0.2, 0.25) is 5.02 Å². The summed E-state index contributed by atoms with van der Waals surface area (Å²) in [6.45, 7) is 4.19. The second-order valence-electron chi connectivity index (χ2n) is 24.3. The summed E-state index contributed by atoms with van der Waals surface area (Å²) >= 11 is 6.15. The third-order valence-electron chi connectivity index (χ3n) is 16.3. The number of nitrogens with one attached hydrogen (secondary N) is 9. The lowest BCUT2D eigenvalue weighted by Gasteiger charge is -2.31. The van der Waals surface area contributed by atoms with Crippen LogP contribution in [0.3, 0.4) is 0 Å². The molecule has 3 heterocycles. The summed E-state index contributed by atoms with van der Waals surface area (Å²) < 4.78 is 0. The molecule has 29 heteroatoms. The molecular formula is C67H84ClN15O13. The Morgan fingerprint density at radius 3 is 1.71 bits per heavy atom. The van der Waals surface area contributed by atoms with Crippen molar-refractivity contribution in [2.75, 3.05) is 19.7 Å². The molecule has 2 fully saturated rings. The summed E-state index contributed by atoms with van der Waals surface area (Å²) in [6, 6.07) is 14.9. The number of halogens is 1. The number of aliphatic hydroxyl groups is 1. The van der Waals surface area contributed by atoms with Crippen LogP contribution in [0.4, 0.5) is 0 Å². The van der Waals surface area contributed by atoms with Crippen LogP contribution in [-0.4, -0.2) is 171 Å². The SMILES string of the molecule is CC(C)C[C@H](NC(=O)[C@@H](Cc1ccc2ccccc2c1)NC(=O)[C@H](Cc1ccc(O)cc1)NC(=O)[C@H](CO)NC(=O)[C@@H](Cc1cccnc1)NC(=O)[C@@H](Cc1ccc(Cl)cc1)NC(=O)[C@@H]1CCC(=O)N1)C(=O)N[C@@H](CCCN=C(N)N)C(=O)N1CCC[C@H]1C(=O)N[C@H](C)C(N)=O. The first-order chi connectivity index (χ1) is 45.8. The Hall–Kier alpha value is -10.2. The topological polar surface area (TPSA) is 443 Å². The number of amides is 11. The van der Waals surface area contributed by atoms with Gasteiger partial charge < -0.3 is 80.2 Å². The summed E-state index contributed by atoms with van der Waals surface area (Å²) in [7, 11) is 0. The molecule has 2 aliphatic heterocycles. The van der Waals surface area contributed by atoms with E-state index in [-0.39, 0.29) is 101 Å². The maximum absolute atomic E-state index is 15.1. The number of carbonyl (C=O) groups excluding carboxylic acids is 11. The van der Waals surface area contributed by atoms with Gasteiger partial charge in [-0.05, 0) is 115 Å². The van der Waals surface area contributed by atoms with Gasteiger partial charge in [0, 0.05) is 62.6 Å². The molecule has 2 aliphatic rings. The lowest BCUT2D eigenvalue weighted by molar-refractivity contribution is -0.142. The van der Waals surface area contributed by atoms with Crippen molar-refractivity contribution in [3.63, 3.8) is 0 Å². The van der Waals surface area contributed by atoms with Gasteiger partial charge in [0.1, 0.15) is 66.2 Å². The Kier molecular flexibility index (Phi) is 26.9. The van der Waals surface area contributed by atoms with Gasteiger partial charge >= 0.3 is 0 Å². The number of aliphatic imine (C=N–C) groups is 1. The molecule has 11 amide bonds. The fourth-order valence-electron chi connectivity index (χ4n) is 11.2. The van der Waals surface area contributed by atoms with Gasteiger partial charge in [-0.2, -0.15) is 0 Å². The monoisotopic (exact) mass is 1340 g/mol. The zero-order valence-corrected chi connectivity index (χ0v) is 54.3. The van der Waals surface area contributed by atoms with E-state index in [1.165, 1.54) is 48.5 Å². The van der Waals surface area contributed by atoms with Gasteiger partial charge in [0.05, 0.1) is 6.61 Å². The molecule has 17 N–H and O–H groups in total. The molecule has 512 valence electrons. The average molecular weight is 1340 g/mol. The first-order valence-corrected chi connectivity index (χ1v) is 32.1. The number of aliphatic hydroxyl groups excluding tert-OH is 1. The van der Waals surface area contributed by atoms with Gasteiger partial charge in [-0.15, -0.1) is 0 Å². The predicted molar refractivity (Wildman–Crippen MR) is 355 cm³/mol. The summed E-state index contributed by atoms with van der Waals surface area (Å²) in [5.74, 6) is -9.06. The number of nitrogens with two attached hydrogens (primary N) is 3. The fraction of sp³-hybridized carbons (Fsp3) is 0.418. The third kappa shape index (κ3) is 21.9. The molecule has 96 heavy (non-hydrogen) atoms. The quantitative estimate of drug-likeness (QED) is 0.0145. The highest BCUT2D eigenvalue weighted by atomic mass is 35.5. The number of aromatic hydroxyl groups is 1. The smallest absolute Gasteiger partial charge is 0.245 e. The van der Waals surface area contributed by atoms with E-state index in [0.717, 1.165) is 10.8 Å². The molecule has 0 saturated carbocycles. The second kappa shape index (κ2) is 35.3. The van der Waals surface area contributed by atoms with Crippen LogP contribution in [0.1, 0.15) is 88.0 Å². The minimum absolute atomic E-state index is 0.0123. The number of guanidine groups is 1. The third-order valence-corrected chi connectivity index (χ3v) is 16.6. The zero-order valence-electron chi connectivity index (χ0n) is 53.6. The van der Waals surface area contributed by atoms with Crippen LogP contribution in [-0.2, 0) is 78.4 Å². The van der Waals surface area contributed by atoms with E-state index in [2.05, 4.69) is 57.8 Å². The number of aromatic nitrogens is 1. The summed E-state index contributed by atoms with van der Waals surface area (Å²) in [5, 5.41) is 47.2. The predicted octanol–water partition coefficient (Wildman–Crippen LogP) is -0.390. The van der Waals surface area contributed by atoms with Gasteiger partial charge in [0.25, 0.3) is 0 Å². The van der Waals surface area contributed by atoms with Crippen LogP contribution in [0, 0.1) is 5.92 Å². The lowest BCUT2D eigenvalue weighted by Crippen LogP contribution is -2.61. The largest absolute Gasteiger partial charge is 0.508 e. The number of rotatable bonds is 33. The highest BCUT2D eigenvalue weighted by Gasteiger charge is 2.40. The lowest BCUT2D eigenvalue weighted by atomic mass is 9.98. The van der Waals surface area contributed by atoms with Crippen LogP contribution >= 0.6 is 11.6 Å². The Morgan fingerprint density at radius 1 is 0.615 bits per heavy atom. The van der Waals surface area contributed by atoms with Crippen molar-refractivity contribution in [3.8, 4) is 5.75 Å². The minimum Gasteiger partial charge on any atom is -0.508 e. The van der Waals surface area contributed by atoms with Crippen molar-refractivity contribution in [1.29, 1.82) is 0 Å². The van der Waals surface area contributed by atoms with E-state index in [1.807, 2.05) is 36.4 Å². The van der Waals surface area contributed by atoms with Crippen molar-refractivity contribution in [3.05, 3.63) is 143 Å². The Morgan fingerprint density at radius 2 is 1.15 bits per heavy atom. The molecule has 0 unspecified atom stereocenters. The number of phenolic OH excluding ortho intramolecular Hbond substituents is 1. The van der Waals surface area contributed by atoms with Crippen LogP contribution in [0.5, 0.6) is 5.75 Å². The number of fused-ring (bicyclic) bond motifs is 1. The molecular weight excluding hydrogens is 1260 g/mol. The molecule has 5 aromatic rings. The van der Waals surface area contributed by atoms with Crippen LogP contribution < -0.4 is 65.1 Å². The highest BCUT2D eigenvalue weighted by molar-refractivity contribution is 6.30. The summed E-state index contributed by atoms with van der Waals surface area (Å²) in [6.07, 6.45) is 3.33. The Bertz CT molecular complexity index is 3620. The summed E-state index contributed by atoms with van der Waals surface area (Å²) in [5.41, 5.74) is 18.6. The maximum Gasteiger partial charge on any atom is 0.245 e. The van der Waals surface area contributed by atoms with Crippen LogP contribution in [0.15, 0.2) is 121 Å². The molecule has 2 saturated heterocycles. The number of hydrogen-bond acceptors (Lipinski definition) is 15. The van der Waals surface area contributed by atoms with Gasteiger partial charge in [-0.25, -0.2) is 0 Å². The van der Waals surface area contributed by atoms with Gasteiger partial charge in [0.2, 0.25) is 65.0 Å². The number of benzene rings is 4. The molecule has 28 nitrogen and oxygen atoms in total. The first kappa shape index (κ1) is 73.2. The maximum atomic E-state index is 15.1. The van der Waals surface area contributed by atoms with E-state index in [4.69, 9.17) is 28.8 Å². The molecule has 0 radical (unpaired) electrons. The zero-order chi connectivity index (χ0) is 69.6. The van der Waals surface area contributed by atoms with Crippen molar-refractivity contribution in [2.45, 2.75) is 152 Å². The van der Waals surface area contributed by atoms with Gasteiger partial charge in [0.15, 0.2) is 5.96 Å². The standard InChI is InChI=1S/C67H84ClN15O13/c1-37(2)29-49(59(89)76-48(12-7-27-73-67(70)71)66(96)83-28-8-13-55(83)65(95)74-38(3)57(69)87)77-62(92)52(33-41-14-19-43-10-4-5-11-44(43)30-41)79-61(91)51(32-40-17-22-46(85)23-18-40)81-64(94)54(36-84)82-63(93)53(34-42-9-6-26-72-35-42)80-60(90)50(31-39-15-20-45(68)21-16-39)78-58(88)47-24-25-56(86)75-47/h4-6,9-11,14-23,26,30,35,37-38,47-55,84-85H,7-8,12-13,24-25,27-29,31-34,36H2,1-3H3,(H2,69,87)(H,74,95)(H,75,86)(H,76,89)(H,77,92)(H,78,88)(H,79,91)(H,80,90)(H,81,94)(H,82,93)(H4,70,71,73)/t38-,47+,48+,49+,50-,51+,52-,53-,54+,55+/m1/s1. The molecule has 0 bridgehead atoms. The first-order valence-electron chi connectivity index (χ1n) is 31.7. The number of primary amides is 1. The van der Waals surface area contributed by atoms with E-state index in [0.29, 0.717) is 33.7 Å². The average Bonchev–Trinajstić information content (AvgIpc) is 1.38. The number of phenols is 1. The van der Waals surface area contributed by atoms with Crippen molar-refractivity contribution >= 4 is 93.3 Å². The van der Waals surface area contributed by atoms with Crippen molar-refractivity contribution in [2.24, 2.45) is 28.1 Å². The Labute approximate surface area is 559 Å². The van der Waals surface area contributed by atoms with Gasteiger partial charge in [-0.3, -0.25) is 62.7 Å². The summed E-state index contributed by atoms with van der Waals surface area (Å²) in [4.78, 5) is 163. The Balaban J connectivity index is 1.15. The molecule has 1 aromatic heterocycles. The van der Waals surface area contributed by atoms with Gasteiger partial charge in [-0.1, -0.05) is 98.2 Å². The van der Waals surface area contributed by atoms with E-state index in [1.54, 1.807) is 56.3 Å². The van der Waals surface area contributed by atoms with Crippen molar-refractivity contribution < 1.29 is 63.0 Å². The van der Waals surface area contributed by atoms with E-state index in [9.17, 15) is 53.4 Å². The fourth-order valence-corrected chi connectivity index (χ4v) is 11.3. The van der Waals surface area contributed by atoms with Crippen molar-refractivity contribution in [1.82, 2.24) is 57.7 Å². The number of nitrogens with zero attached hydrogens (tertiary/aromatic N) is 3. The highest BCUT2D eigenvalue weighted by Crippen LogP contribution is 2.23. The molecule has 7 rings (SSSR count). The number of carbonyl (C=O) groups is 11. The second-order valence-corrected chi connectivity index (χ2v) is 24.8. The van der Waals surface area contributed by atoms with E-state index >= 15 is 9.59 Å².